The van der Waals surface area contributed by atoms with Crippen LogP contribution in [0.1, 0.15) is 13.3 Å². The molecule has 23 heavy (non-hydrogen) atoms. The zero-order valence-corrected chi connectivity index (χ0v) is 13.8. The molecule has 122 valence electrons. The van der Waals surface area contributed by atoms with Crippen molar-refractivity contribution in [1.82, 2.24) is 9.80 Å². The van der Waals surface area contributed by atoms with Crippen molar-refractivity contribution in [1.29, 1.82) is 0 Å². The van der Waals surface area contributed by atoms with Crippen LogP contribution < -0.4 is 0 Å². The lowest BCUT2D eigenvalue weighted by Gasteiger charge is -2.32. The summed E-state index contributed by atoms with van der Waals surface area (Å²) in [6.07, 6.45) is 5.98. The second kappa shape index (κ2) is 6.72. The molecule has 2 amide bonds. The molecule has 1 atom stereocenters. The van der Waals surface area contributed by atoms with Gasteiger partial charge in [0.2, 0.25) is 11.0 Å². The Labute approximate surface area is 140 Å². The van der Waals surface area contributed by atoms with Gasteiger partial charge < -0.3 is 9.64 Å². The second-order valence-electron chi connectivity index (χ2n) is 5.65. The third kappa shape index (κ3) is 3.11. The van der Waals surface area contributed by atoms with Crippen molar-refractivity contribution >= 4 is 34.9 Å². The van der Waals surface area contributed by atoms with E-state index in [0.717, 1.165) is 6.42 Å². The van der Waals surface area contributed by atoms with Crippen LogP contribution in [0.3, 0.4) is 0 Å². The van der Waals surface area contributed by atoms with Gasteiger partial charge in [-0.1, -0.05) is 19.1 Å². The summed E-state index contributed by atoms with van der Waals surface area (Å²) in [6.45, 7) is 4.84. The molecule has 0 bridgehead atoms. The molecule has 0 aromatic heterocycles. The van der Waals surface area contributed by atoms with E-state index in [9.17, 15) is 9.59 Å². The summed E-state index contributed by atoms with van der Waals surface area (Å²) in [4.78, 5) is 32.7. The average Bonchev–Trinajstić information content (AvgIpc) is 2.58. The maximum absolute atomic E-state index is 12.5. The fraction of sp³-hybridized carbons (Fsp3) is 0.500. The quantitative estimate of drug-likeness (QED) is 0.721. The van der Waals surface area contributed by atoms with Crippen molar-refractivity contribution in [3.63, 3.8) is 0 Å². The molecule has 7 heteroatoms. The highest BCUT2D eigenvalue weighted by molar-refractivity contribution is 7.80. The van der Waals surface area contributed by atoms with E-state index >= 15 is 0 Å². The summed E-state index contributed by atoms with van der Waals surface area (Å²) in [7, 11) is 0. The third-order valence-corrected chi connectivity index (χ3v) is 4.38. The Morgan fingerprint density at radius 3 is 2.87 bits per heavy atom. The summed E-state index contributed by atoms with van der Waals surface area (Å²) in [5.74, 6) is -0.554. The first-order valence-electron chi connectivity index (χ1n) is 7.82. The van der Waals surface area contributed by atoms with Gasteiger partial charge in [-0.05, 0) is 24.7 Å². The molecule has 0 radical (unpaired) electrons. The maximum Gasteiger partial charge on any atom is 0.254 e. The lowest BCUT2D eigenvalue weighted by molar-refractivity contribution is -0.131. The zero-order chi connectivity index (χ0) is 16.4. The molecule has 3 rings (SSSR count). The maximum atomic E-state index is 12.5. The van der Waals surface area contributed by atoms with Gasteiger partial charge in [-0.25, -0.2) is 4.99 Å². The van der Waals surface area contributed by atoms with Crippen molar-refractivity contribution in [2.45, 2.75) is 13.3 Å². The van der Waals surface area contributed by atoms with E-state index in [2.05, 4.69) is 4.99 Å². The molecule has 6 nitrogen and oxygen atoms in total. The van der Waals surface area contributed by atoms with Gasteiger partial charge in [0.1, 0.15) is 0 Å². The fourth-order valence-corrected chi connectivity index (χ4v) is 3.14. The van der Waals surface area contributed by atoms with Crippen LogP contribution in [0.4, 0.5) is 0 Å². The Hall–Kier alpha value is -1.86. The van der Waals surface area contributed by atoms with Gasteiger partial charge in [0.15, 0.2) is 0 Å². The minimum atomic E-state index is -0.436. The summed E-state index contributed by atoms with van der Waals surface area (Å²) in [5, 5.41) is 0.285. The molecular formula is C16H19N3O3S. The van der Waals surface area contributed by atoms with Gasteiger partial charge in [0, 0.05) is 25.2 Å². The molecule has 0 aromatic rings. The number of aliphatic imine (C=N–C) groups is 1. The number of morpholine rings is 1. The van der Waals surface area contributed by atoms with E-state index in [0.29, 0.717) is 44.1 Å². The van der Waals surface area contributed by atoms with Crippen LogP contribution in [0.15, 0.2) is 28.8 Å². The number of hydrogen-bond donors (Lipinski definition) is 0. The molecule has 1 saturated heterocycles. The van der Waals surface area contributed by atoms with Gasteiger partial charge in [0.05, 0.1) is 24.8 Å². The van der Waals surface area contributed by atoms with E-state index in [1.807, 2.05) is 6.92 Å². The van der Waals surface area contributed by atoms with Crippen LogP contribution >= 0.6 is 12.2 Å². The van der Waals surface area contributed by atoms with Gasteiger partial charge in [-0.2, -0.15) is 0 Å². The normalized spacial score (nSPS) is 24.3. The molecule has 0 N–H and O–H groups in total. The SMILES string of the molecule is CCCN1C(=O)C2C=CC(C(=O)N3CCOCC3)=CC2=NC1=S. The summed E-state index contributed by atoms with van der Waals surface area (Å²) < 4.78 is 5.26. The number of carbonyl (C=O) groups excluding carboxylic acids is 2. The van der Waals surface area contributed by atoms with Crippen LogP contribution in [0.25, 0.3) is 0 Å². The summed E-state index contributed by atoms with van der Waals surface area (Å²) in [5.41, 5.74) is 1.10. The van der Waals surface area contributed by atoms with Crippen molar-refractivity contribution < 1.29 is 14.3 Å². The van der Waals surface area contributed by atoms with Crippen LogP contribution in [0.5, 0.6) is 0 Å². The first-order chi connectivity index (χ1) is 11.1. The Bertz CT molecular complexity index is 632. The van der Waals surface area contributed by atoms with Gasteiger partial charge >= 0.3 is 0 Å². The summed E-state index contributed by atoms with van der Waals surface area (Å²) in [6, 6.07) is 0. The topological polar surface area (TPSA) is 62.2 Å². The van der Waals surface area contributed by atoms with Crippen molar-refractivity contribution in [2.24, 2.45) is 10.9 Å². The molecule has 1 fully saturated rings. The van der Waals surface area contributed by atoms with Crippen molar-refractivity contribution in [3.05, 3.63) is 23.8 Å². The lowest BCUT2D eigenvalue weighted by Crippen LogP contribution is -2.47. The number of fused-ring (bicyclic) bond motifs is 1. The minimum absolute atomic E-state index is 0.0555. The molecule has 0 spiro atoms. The van der Waals surface area contributed by atoms with Crippen LogP contribution in [-0.2, 0) is 14.3 Å². The molecule has 2 aliphatic heterocycles. The Morgan fingerprint density at radius 2 is 2.17 bits per heavy atom. The summed E-state index contributed by atoms with van der Waals surface area (Å²) >= 11 is 5.22. The lowest BCUT2D eigenvalue weighted by atomic mass is 9.91. The van der Waals surface area contributed by atoms with Crippen molar-refractivity contribution in [2.75, 3.05) is 32.8 Å². The predicted octanol–water partition coefficient (Wildman–Crippen LogP) is 0.936. The molecule has 1 unspecified atom stereocenters. The van der Waals surface area contributed by atoms with Gasteiger partial charge in [0.25, 0.3) is 5.91 Å². The first kappa shape index (κ1) is 16.0. The number of carbonyl (C=O) groups is 2. The number of rotatable bonds is 3. The van der Waals surface area contributed by atoms with Crippen molar-refractivity contribution in [3.8, 4) is 0 Å². The Balaban J connectivity index is 1.82. The van der Waals surface area contributed by atoms with Crippen LogP contribution in [0, 0.1) is 5.92 Å². The second-order valence-corrected chi connectivity index (χ2v) is 6.02. The van der Waals surface area contributed by atoms with Crippen LogP contribution in [-0.4, -0.2) is 65.3 Å². The number of amides is 2. The highest BCUT2D eigenvalue weighted by Crippen LogP contribution is 2.23. The molecule has 1 aliphatic carbocycles. The van der Waals surface area contributed by atoms with E-state index in [4.69, 9.17) is 17.0 Å². The minimum Gasteiger partial charge on any atom is -0.378 e. The van der Waals surface area contributed by atoms with Gasteiger partial charge in [-0.15, -0.1) is 0 Å². The number of nitrogens with zero attached hydrogens (tertiary/aromatic N) is 3. The third-order valence-electron chi connectivity index (χ3n) is 4.07. The smallest absolute Gasteiger partial charge is 0.254 e. The van der Waals surface area contributed by atoms with E-state index < -0.39 is 5.92 Å². The highest BCUT2D eigenvalue weighted by Gasteiger charge is 2.35. The fourth-order valence-electron chi connectivity index (χ4n) is 2.85. The van der Waals surface area contributed by atoms with Crippen LogP contribution in [0.2, 0.25) is 0 Å². The molecule has 0 aromatic carbocycles. The number of thiocarbonyl (C=S) groups is 1. The van der Waals surface area contributed by atoms with Gasteiger partial charge in [-0.3, -0.25) is 14.5 Å². The Kier molecular flexibility index (Phi) is 4.68. The predicted molar refractivity (Wildman–Crippen MR) is 90.1 cm³/mol. The standard InChI is InChI=1S/C16H19N3O3S/c1-2-5-19-15(21)12-4-3-11(10-13(12)17-16(19)23)14(20)18-6-8-22-9-7-18/h3-4,10,12H,2,5-9H2,1H3. The molecule has 0 saturated carbocycles. The van der Waals surface area contributed by atoms with E-state index in [1.165, 1.54) is 4.90 Å². The highest BCUT2D eigenvalue weighted by atomic mass is 32.1. The molecule has 2 heterocycles. The number of hydrogen-bond acceptors (Lipinski definition) is 4. The number of ether oxygens (including phenoxy) is 1. The first-order valence-corrected chi connectivity index (χ1v) is 8.23. The molecular weight excluding hydrogens is 314 g/mol. The monoisotopic (exact) mass is 333 g/mol. The van der Waals surface area contributed by atoms with E-state index in [1.54, 1.807) is 23.1 Å². The molecule has 3 aliphatic rings. The average molecular weight is 333 g/mol. The zero-order valence-electron chi connectivity index (χ0n) is 13.0. The Morgan fingerprint density at radius 1 is 1.43 bits per heavy atom. The number of allylic oxidation sites excluding steroid dienone is 1. The van der Waals surface area contributed by atoms with E-state index in [-0.39, 0.29) is 16.9 Å². The largest absolute Gasteiger partial charge is 0.378 e.